The molecule has 13 atom stereocenters. The van der Waals surface area contributed by atoms with Crippen LogP contribution in [0.3, 0.4) is 0 Å². The standard InChI is InChI=1S/C59H102N16O22/c1-11-30(8)47(59(96)97)74-54(91)37(22-27(2)3)67-41(80)24-64-56(93)48(32(10)77)75-55(92)38(26-76)71-57(94)46(29(6)7)73-58(95)45(28(4)5)72-42(81)25-63-49(86)31(9)65-50(87)33(14-12-13-21-60)68-52(89)35(16-19-43(82)83)70-53(90)36(17-20-44(84)85)69-51(88)34(15-18-39(62)78)66-40(79)23-61/h27-38,45-48,76-77H,11-26,60-61H2,1-10H3,(H2,62,78)(H,63,86)(H,64,93)(H,65,87)(H,66,79)(H,67,80)(H,68,89)(H,69,88)(H,70,90)(H,71,94)(H,72,81)(H,73,95)(H,74,91)(H,75,92)(H,82,83)(H,84,85)(H,96,97)/t30-,31-,32+,33-,34-,35-,36-,37-,38-,45-,46-,47-,48-/m0/s1. The van der Waals surface area contributed by atoms with E-state index in [9.17, 15) is 107 Å². The Balaban J connectivity index is 6.17. The second kappa shape index (κ2) is 45.3. The van der Waals surface area contributed by atoms with Crippen LogP contribution in [0.4, 0.5) is 0 Å². The van der Waals surface area contributed by atoms with Crippen molar-refractivity contribution in [2.45, 2.75) is 212 Å². The molecule has 24 N–H and O–H groups in total. The smallest absolute Gasteiger partial charge is 0.326 e. The highest BCUT2D eigenvalue weighted by atomic mass is 16.4. The van der Waals surface area contributed by atoms with Gasteiger partial charge >= 0.3 is 17.9 Å². The third-order valence-electron chi connectivity index (χ3n) is 14.8. The number of nitrogens with two attached hydrogens (primary N) is 3. The number of aliphatic hydroxyl groups excluding tert-OH is 2. The molecule has 0 aromatic rings. The Labute approximate surface area is 561 Å². The maximum Gasteiger partial charge on any atom is 0.326 e. The molecule has 0 rings (SSSR count). The lowest BCUT2D eigenvalue weighted by molar-refractivity contribution is -0.144. The van der Waals surface area contributed by atoms with E-state index in [0.717, 1.165) is 6.92 Å². The summed E-state index contributed by atoms with van der Waals surface area (Å²) in [6, 6.07) is -16.9. The fraction of sp³-hybridized carbons (Fsp3) is 0.712. The number of hydrogen-bond acceptors (Lipinski definition) is 21. The molecule has 0 bridgehead atoms. The molecule has 14 amide bonds. The van der Waals surface area contributed by atoms with Crippen LogP contribution in [-0.4, -0.2) is 231 Å². The number of amides is 14. The number of aliphatic carboxylic acids is 3. The normalized spacial score (nSPS) is 15.1. The van der Waals surface area contributed by atoms with E-state index in [1.165, 1.54) is 34.6 Å². The minimum absolute atomic E-state index is 0.0871. The molecule has 0 aromatic carbocycles. The number of hydrogen-bond donors (Lipinski definition) is 21. The monoisotopic (exact) mass is 1390 g/mol. The maximum absolute atomic E-state index is 13.9. The first-order valence-electron chi connectivity index (χ1n) is 31.8. The van der Waals surface area contributed by atoms with Crippen LogP contribution in [0, 0.1) is 23.7 Å². The topological polar surface area (TPSA) is 626 Å². The molecule has 38 nitrogen and oxygen atoms in total. The van der Waals surface area contributed by atoms with Crippen molar-refractivity contribution in [3.8, 4) is 0 Å². The highest BCUT2D eigenvalue weighted by molar-refractivity contribution is 5.99. The number of primary amides is 1. The van der Waals surface area contributed by atoms with Crippen LogP contribution in [0.2, 0.25) is 0 Å². The predicted molar refractivity (Wildman–Crippen MR) is 342 cm³/mol. The Bertz CT molecular complexity index is 2730. The summed E-state index contributed by atoms with van der Waals surface area (Å²) in [7, 11) is 0. The van der Waals surface area contributed by atoms with Gasteiger partial charge in [-0.3, -0.25) is 76.7 Å². The molecular formula is C59H102N16O22. The van der Waals surface area contributed by atoms with E-state index in [-0.39, 0.29) is 38.1 Å². The largest absolute Gasteiger partial charge is 0.481 e. The van der Waals surface area contributed by atoms with E-state index < -0.39 is 249 Å². The van der Waals surface area contributed by atoms with E-state index >= 15 is 0 Å². The summed E-state index contributed by atoms with van der Waals surface area (Å²) in [5.74, 6) is -20.1. The van der Waals surface area contributed by atoms with E-state index in [0.29, 0.717) is 12.8 Å². The van der Waals surface area contributed by atoms with E-state index in [4.69, 9.17) is 17.2 Å². The molecule has 0 unspecified atom stereocenters. The molecule has 550 valence electrons. The van der Waals surface area contributed by atoms with E-state index in [1.807, 2.05) is 0 Å². The minimum Gasteiger partial charge on any atom is -0.481 e. The number of aliphatic hydroxyl groups is 2. The quantitative estimate of drug-likeness (QED) is 0.0252. The summed E-state index contributed by atoms with van der Waals surface area (Å²) in [4.78, 5) is 220. The summed E-state index contributed by atoms with van der Waals surface area (Å²) < 4.78 is 0. The number of carbonyl (C=O) groups is 17. The summed E-state index contributed by atoms with van der Waals surface area (Å²) in [5.41, 5.74) is 16.2. The third-order valence-corrected chi connectivity index (χ3v) is 14.8. The molecule has 0 fully saturated rings. The van der Waals surface area contributed by atoms with Crippen molar-refractivity contribution in [3.63, 3.8) is 0 Å². The second-order valence-electron chi connectivity index (χ2n) is 24.3. The first kappa shape index (κ1) is 87.8. The van der Waals surface area contributed by atoms with E-state index in [2.05, 4.69) is 69.1 Å². The Hall–Kier alpha value is -9.17. The number of unbranched alkanes of at least 4 members (excludes halogenated alkanes) is 1. The average Bonchev–Trinajstić information content (AvgIpc) is 1.12. The first-order chi connectivity index (χ1) is 45.2. The van der Waals surface area contributed by atoms with Gasteiger partial charge in [0.15, 0.2) is 0 Å². The van der Waals surface area contributed by atoms with Crippen LogP contribution in [-0.2, 0) is 81.5 Å². The fourth-order valence-corrected chi connectivity index (χ4v) is 8.98. The van der Waals surface area contributed by atoms with Crippen LogP contribution in [0.1, 0.15) is 140 Å². The third kappa shape index (κ3) is 34.4. The lowest BCUT2D eigenvalue weighted by Crippen LogP contribution is -2.62. The number of carboxylic acid groups (broad SMARTS) is 3. The first-order valence-corrected chi connectivity index (χ1v) is 31.8. The summed E-state index contributed by atoms with van der Waals surface area (Å²) in [6.07, 6.45) is -4.24. The van der Waals surface area contributed by atoms with Crippen molar-refractivity contribution >= 4 is 101 Å². The molecule has 0 heterocycles. The Morgan fingerprint density at radius 2 is 0.794 bits per heavy atom. The molecule has 0 aliphatic heterocycles. The van der Waals surface area contributed by atoms with Crippen LogP contribution in [0.15, 0.2) is 0 Å². The van der Waals surface area contributed by atoms with Gasteiger partial charge in [-0.15, -0.1) is 0 Å². The Morgan fingerprint density at radius 3 is 1.23 bits per heavy atom. The summed E-state index contributed by atoms with van der Waals surface area (Å²) in [6.45, 7) is 12.2. The van der Waals surface area contributed by atoms with Crippen molar-refractivity contribution in [1.82, 2.24) is 69.1 Å². The molecule has 0 aliphatic rings. The van der Waals surface area contributed by atoms with Crippen LogP contribution in [0.25, 0.3) is 0 Å². The lowest BCUT2D eigenvalue weighted by Gasteiger charge is -2.29. The number of rotatable bonds is 48. The zero-order chi connectivity index (χ0) is 74.6. The van der Waals surface area contributed by atoms with Gasteiger partial charge in [-0.1, -0.05) is 61.8 Å². The molecule has 97 heavy (non-hydrogen) atoms. The van der Waals surface area contributed by atoms with Gasteiger partial charge in [0.05, 0.1) is 32.3 Å². The van der Waals surface area contributed by atoms with Gasteiger partial charge < -0.3 is 112 Å². The molecule has 38 heteroatoms. The SMILES string of the molecule is CC[C@H](C)[C@H](NC(=O)[C@H](CC(C)C)NC(=O)CNC(=O)[C@@H](NC(=O)[C@H](CO)NC(=O)[C@@H](NC(=O)[C@@H](NC(=O)CNC(=O)[C@H](C)NC(=O)[C@H](CCCCN)NC(=O)[C@H](CCC(=O)O)NC(=O)[C@H](CCC(=O)O)NC(=O)[C@H](CCC(N)=O)NC(=O)CN)C(C)C)C(C)C)[C@@H](C)O)C(=O)O. The van der Waals surface area contributed by atoms with Crippen molar-refractivity contribution < 1.29 is 107 Å². The maximum atomic E-state index is 13.9. The number of nitrogens with one attached hydrogen (secondary N) is 13. The predicted octanol–water partition coefficient (Wildman–Crippen LogP) is -7.48. The van der Waals surface area contributed by atoms with Crippen molar-refractivity contribution in [2.75, 3.05) is 32.8 Å². The fourth-order valence-electron chi connectivity index (χ4n) is 8.98. The van der Waals surface area contributed by atoms with Crippen molar-refractivity contribution in [2.24, 2.45) is 40.9 Å². The van der Waals surface area contributed by atoms with Crippen LogP contribution >= 0.6 is 0 Å². The molecule has 0 radical (unpaired) electrons. The highest BCUT2D eigenvalue weighted by Crippen LogP contribution is 2.13. The molecular weight excluding hydrogens is 1280 g/mol. The second-order valence-corrected chi connectivity index (χ2v) is 24.3. The van der Waals surface area contributed by atoms with Gasteiger partial charge in [0.25, 0.3) is 0 Å². The van der Waals surface area contributed by atoms with Gasteiger partial charge in [0.1, 0.15) is 66.5 Å². The Kier molecular flexibility index (Phi) is 41.0. The zero-order valence-corrected chi connectivity index (χ0v) is 56.5. The van der Waals surface area contributed by atoms with Crippen LogP contribution < -0.4 is 86.3 Å². The van der Waals surface area contributed by atoms with Gasteiger partial charge in [0.2, 0.25) is 82.7 Å². The number of carbonyl (C=O) groups excluding carboxylic acids is 14. The van der Waals surface area contributed by atoms with Crippen molar-refractivity contribution in [3.05, 3.63) is 0 Å². The number of carboxylic acids is 3. The van der Waals surface area contributed by atoms with Gasteiger partial charge in [-0.2, -0.15) is 0 Å². The zero-order valence-electron chi connectivity index (χ0n) is 56.5. The molecule has 0 aliphatic carbocycles. The lowest BCUT2D eigenvalue weighted by atomic mass is 9.97. The molecule has 0 spiro atoms. The van der Waals surface area contributed by atoms with Gasteiger partial charge in [-0.25, -0.2) is 4.79 Å². The van der Waals surface area contributed by atoms with Gasteiger partial charge in [0, 0.05) is 19.3 Å². The van der Waals surface area contributed by atoms with E-state index in [1.54, 1.807) is 27.7 Å². The van der Waals surface area contributed by atoms with Crippen LogP contribution in [0.5, 0.6) is 0 Å². The summed E-state index contributed by atoms with van der Waals surface area (Å²) >= 11 is 0. The molecule has 0 aromatic heterocycles. The minimum atomic E-state index is -1.81. The molecule has 0 saturated carbocycles. The summed E-state index contributed by atoms with van der Waals surface area (Å²) in [5, 5.41) is 79.6. The van der Waals surface area contributed by atoms with Crippen molar-refractivity contribution in [1.29, 1.82) is 0 Å². The average molecular weight is 1390 g/mol. The highest BCUT2D eigenvalue weighted by Gasteiger charge is 2.37. The van der Waals surface area contributed by atoms with Gasteiger partial charge in [-0.05, 0) is 89.0 Å². The molecule has 0 saturated heterocycles. The Morgan fingerprint density at radius 1 is 0.402 bits per heavy atom.